The summed E-state index contributed by atoms with van der Waals surface area (Å²) < 4.78 is 5.41. The van der Waals surface area contributed by atoms with Gasteiger partial charge in [0.2, 0.25) is 5.91 Å². The summed E-state index contributed by atoms with van der Waals surface area (Å²) in [6, 6.07) is 1.51. The lowest BCUT2D eigenvalue weighted by Gasteiger charge is -2.29. The lowest BCUT2D eigenvalue weighted by molar-refractivity contribution is -0.129. The number of nitrogens with one attached hydrogen (secondary N) is 2. The number of hydrogen-bond donors (Lipinski definition) is 3. The van der Waals surface area contributed by atoms with Crippen molar-refractivity contribution in [3.8, 4) is 0 Å². The molecule has 18 heavy (non-hydrogen) atoms. The molecule has 0 aromatic carbocycles. The largest absolute Gasteiger partial charge is 0.387 e. The molecule has 6 heteroatoms. The molecule has 1 unspecified atom stereocenters. The van der Waals surface area contributed by atoms with Crippen LogP contribution in [0.4, 0.5) is 0 Å². The van der Waals surface area contributed by atoms with Gasteiger partial charge in [0.1, 0.15) is 6.04 Å². The van der Waals surface area contributed by atoms with Crippen LogP contribution in [-0.2, 0) is 9.53 Å². The van der Waals surface area contributed by atoms with Crippen LogP contribution >= 0.6 is 11.3 Å². The van der Waals surface area contributed by atoms with Crippen molar-refractivity contribution in [1.82, 2.24) is 10.6 Å². The van der Waals surface area contributed by atoms with E-state index in [2.05, 4.69) is 10.6 Å². The van der Waals surface area contributed by atoms with Crippen molar-refractivity contribution in [2.24, 2.45) is 0 Å². The molecule has 0 saturated carbocycles. The van der Waals surface area contributed by atoms with Crippen molar-refractivity contribution in [3.63, 3.8) is 0 Å². The Labute approximate surface area is 110 Å². The van der Waals surface area contributed by atoms with Crippen molar-refractivity contribution in [2.75, 3.05) is 19.7 Å². The van der Waals surface area contributed by atoms with Crippen molar-refractivity contribution in [1.29, 1.82) is 0 Å². The quantitative estimate of drug-likeness (QED) is 0.735. The molecule has 1 aromatic heterocycles. The Morgan fingerprint density at radius 2 is 2.61 bits per heavy atom. The van der Waals surface area contributed by atoms with E-state index in [1.54, 1.807) is 0 Å². The number of aliphatic hydroxyl groups is 1. The zero-order chi connectivity index (χ0) is 13.0. The van der Waals surface area contributed by atoms with E-state index in [0.29, 0.717) is 13.2 Å². The van der Waals surface area contributed by atoms with E-state index in [0.717, 1.165) is 5.56 Å². The van der Waals surface area contributed by atoms with Crippen LogP contribution in [-0.4, -0.2) is 42.9 Å². The number of carbonyl (C=O) groups is 1. The van der Waals surface area contributed by atoms with Gasteiger partial charge in [-0.1, -0.05) is 0 Å². The number of rotatable bonds is 4. The van der Waals surface area contributed by atoms with Crippen LogP contribution in [0.3, 0.4) is 0 Å². The lowest BCUT2D eigenvalue weighted by atomic mass is 10.1. The van der Waals surface area contributed by atoms with Crippen LogP contribution in [0, 0.1) is 0 Å². The summed E-state index contributed by atoms with van der Waals surface area (Å²) in [4.78, 5) is 11.9. The van der Waals surface area contributed by atoms with Gasteiger partial charge < -0.3 is 20.5 Å². The number of ether oxygens (including phenoxy) is 1. The minimum Gasteiger partial charge on any atom is -0.387 e. The number of thiophene rings is 1. The summed E-state index contributed by atoms with van der Waals surface area (Å²) in [6.07, 6.45) is -0.794. The molecule has 3 atom stereocenters. The van der Waals surface area contributed by atoms with Crippen molar-refractivity contribution >= 4 is 17.2 Å². The highest BCUT2D eigenvalue weighted by atomic mass is 32.1. The third kappa shape index (κ3) is 3.29. The fourth-order valence-corrected chi connectivity index (χ4v) is 2.62. The number of morpholine rings is 1. The first-order chi connectivity index (χ1) is 8.68. The first kappa shape index (κ1) is 13.5. The molecule has 0 radical (unpaired) electrons. The van der Waals surface area contributed by atoms with E-state index in [9.17, 15) is 9.90 Å². The topological polar surface area (TPSA) is 70.6 Å². The van der Waals surface area contributed by atoms with Gasteiger partial charge in [0.15, 0.2) is 0 Å². The van der Waals surface area contributed by atoms with Gasteiger partial charge >= 0.3 is 0 Å². The average molecular weight is 270 g/mol. The Kier molecular flexibility index (Phi) is 4.71. The second-order valence-corrected chi connectivity index (χ2v) is 5.11. The summed E-state index contributed by atoms with van der Waals surface area (Å²) in [5, 5.41) is 19.5. The normalized spacial score (nSPS) is 25.7. The Morgan fingerprint density at radius 3 is 3.28 bits per heavy atom. The smallest absolute Gasteiger partial charge is 0.239 e. The van der Waals surface area contributed by atoms with E-state index in [1.807, 2.05) is 23.8 Å². The highest BCUT2D eigenvalue weighted by Crippen LogP contribution is 2.15. The SMILES string of the molecule is C[C@H]1OCCN[C@@H]1C(=O)NCC(O)c1ccsc1. The summed E-state index contributed by atoms with van der Waals surface area (Å²) in [5.41, 5.74) is 0.834. The summed E-state index contributed by atoms with van der Waals surface area (Å²) in [6.45, 7) is 3.39. The fourth-order valence-electron chi connectivity index (χ4n) is 1.92. The standard InChI is InChI=1S/C12H18N2O3S/c1-8-11(13-3-4-17-8)12(16)14-6-10(15)9-2-5-18-7-9/h2,5,7-8,10-11,13,15H,3-4,6H2,1H3,(H,14,16)/t8-,10?,11+/m1/s1. The molecule has 5 nitrogen and oxygen atoms in total. The van der Waals surface area contributed by atoms with Crippen LogP contribution in [0.2, 0.25) is 0 Å². The number of hydrogen-bond acceptors (Lipinski definition) is 5. The maximum absolute atomic E-state index is 11.9. The van der Waals surface area contributed by atoms with Gasteiger partial charge in [-0.15, -0.1) is 0 Å². The third-order valence-electron chi connectivity index (χ3n) is 3.00. The maximum Gasteiger partial charge on any atom is 0.239 e. The van der Waals surface area contributed by atoms with Crippen LogP contribution in [0.15, 0.2) is 16.8 Å². The summed E-state index contributed by atoms with van der Waals surface area (Å²) in [7, 11) is 0. The minimum absolute atomic E-state index is 0.128. The second-order valence-electron chi connectivity index (χ2n) is 4.33. The molecule has 0 bridgehead atoms. The molecular weight excluding hydrogens is 252 g/mol. The molecule has 0 spiro atoms. The van der Waals surface area contributed by atoms with Crippen LogP contribution < -0.4 is 10.6 Å². The Morgan fingerprint density at radius 1 is 1.78 bits per heavy atom. The van der Waals surface area contributed by atoms with Crippen molar-refractivity contribution in [3.05, 3.63) is 22.4 Å². The molecule has 1 aliphatic rings. The lowest BCUT2D eigenvalue weighted by Crippen LogP contribution is -2.55. The maximum atomic E-state index is 11.9. The molecule has 3 N–H and O–H groups in total. The molecule has 1 amide bonds. The molecule has 2 heterocycles. The van der Waals surface area contributed by atoms with E-state index in [4.69, 9.17) is 4.74 Å². The molecule has 1 aliphatic heterocycles. The highest BCUT2D eigenvalue weighted by molar-refractivity contribution is 7.07. The van der Waals surface area contributed by atoms with Gasteiger partial charge in [-0.05, 0) is 29.3 Å². The average Bonchev–Trinajstić information content (AvgIpc) is 2.90. The van der Waals surface area contributed by atoms with Gasteiger partial charge in [0.25, 0.3) is 0 Å². The molecule has 2 rings (SSSR count). The Balaban J connectivity index is 1.80. The summed E-state index contributed by atoms with van der Waals surface area (Å²) >= 11 is 1.53. The molecule has 1 saturated heterocycles. The van der Waals surface area contributed by atoms with Crippen molar-refractivity contribution < 1.29 is 14.6 Å². The van der Waals surface area contributed by atoms with E-state index < -0.39 is 6.10 Å². The number of amides is 1. The van der Waals surface area contributed by atoms with Gasteiger partial charge in [-0.2, -0.15) is 11.3 Å². The van der Waals surface area contributed by atoms with Gasteiger partial charge in [-0.25, -0.2) is 0 Å². The first-order valence-corrected chi connectivity index (χ1v) is 6.95. The summed E-state index contributed by atoms with van der Waals surface area (Å²) in [5.74, 6) is -0.128. The van der Waals surface area contributed by atoms with Crippen LogP contribution in [0.25, 0.3) is 0 Å². The molecule has 1 aromatic rings. The predicted molar refractivity (Wildman–Crippen MR) is 69.5 cm³/mol. The number of aliphatic hydroxyl groups excluding tert-OH is 1. The molecule has 0 aliphatic carbocycles. The zero-order valence-electron chi connectivity index (χ0n) is 10.3. The monoisotopic (exact) mass is 270 g/mol. The van der Waals surface area contributed by atoms with Crippen LogP contribution in [0.5, 0.6) is 0 Å². The zero-order valence-corrected chi connectivity index (χ0v) is 11.1. The van der Waals surface area contributed by atoms with Gasteiger partial charge in [0.05, 0.1) is 18.8 Å². The fraction of sp³-hybridized carbons (Fsp3) is 0.583. The Bertz CT molecular complexity index is 383. The van der Waals surface area contributed by atoms with E-state index in [1.165, 1.54) is 11.3 Å². The minimum atomic E-state index is -0.653. The van der Waals surface area contributed by atoms with Crippen molar-refractivity contribution in [2.45, 2.75) is 25.2 Å². The van der Waals surface area contributed by atoms with Crippen LogP contribution in [0.1, 0.15) is 18.6 Å². The Hall–Kier alpha value is -0.950. The molecule has 1 fully saturated rings. The third-order valence-corrected chi connectivity index (χ3v) is 3.70. The van der Waals surface area contributed by atoms with E-state index in [-0.39, 0.29) is 24.6 Å². The van der Waals surface area contributed by atoms with E-state index >= 15 is 0 Å². The second kappa shape index (κ2) is 6.29. The first-order valence-electron chi connectivity index (χ1n) is 6.01. The predicted octanol–water partition coefficient (Wildman–Crippen LogP) is 0.275. The highest BCUT2D eigenvalue weighted by Gasteiger charge is 2.28. The van der Waals surface area contributed by atoms with Gasteiger partial charge in [-0.3, -0.25) is 4.79 Å². The molecule has 100 valence electrons. The number of carbonyl (C=O) groups excluding carboxylic acids is 1. The van der Waals surface area contributed by atoms with Gasteiger partial charge in [0, 0.05) is 13.1 Å². The molecular formula is C12H18N2O3S.